The van der Waals surface area contributed by atoms with Gasteiger partial charge in [-0.15, -0.1) is 0 Å². The highest BCUT2D eigenvalue weighted by atomic mass is 16.4. The summed E-state index contributed by atoms with van der Waals surface area (Å²) in [7, 11) is 0. The summed E-state index contributed by atoms with van der Waals surface area (Å²) >= 11 is 0. The van der Waals surface area contributed by atoms with Crippen molar-refractivity contribution in [1.29, 1.82) is 0 Å². The fourth-order valence-electron chi connectivity index (χ4n) is 8.24. The molecule has 3 fully saturated rings. The van der Waals surface area contributed by atoms with E-state index in [9.17, 15) is 9.59 Å². The van der Waals surface area contributed by atoms with Crippen LogP contribution in [0.1, 0.15) is 85.5 Å². The van der Waals surface area contributed by atoms with Crippen LogP contribution in [0.5, 0.6) is 0 Å². The van der Waals surface area contributed by atoms with E-state index in [0.717, 1.165) is 43.4 Å². The van der Waals surface area contributed by atoms with Crippen molar-refractivity contribution >= 4 is 11.8 Å². The fourth-order valence-corrected chi connectivity index (χ4v) is 8.24. The van der Waals surface area contributed by atoms with Crippen molar-refractivity contribution in [3.8, 4) is 0 Å². The van der Waals surface area contributed by atoms with Crippen LogP contribution in [-0.2, 0) is 9.59 Å². The van der Waals surface area contributed by atoms with Crippen molar-refractivity contribution in [3.63, 3.8) is 0 Å². The number of hydrogen-bond acceptors (Lipinski definition) is 2. The summed E-state index contributed by atoms with van der Waals surface area (Å²) in [5, 5.41) is 9.15. The van der Waals surface area contributed by atoms with Crippen LogP contribution in [0, 0.1) is 46.3 Å². The van der Waals surface area contributed by atoms with E-state index >= 15 is 0 Å². The second-order valence-electron chi connectivity index (χ2n) is 11.5. The summed E-state index contributed by atoms with van der Waals surface area (Å²) in [4.78, 5) is 23.1. The van der Waals surface area contributed by atoms with Crippen LogP contribution < -0.4 is 0 Å². The molecule has 4 aliphatic carbocycles. The number of carboxylic acid groups (broad SMARTS) is 1. The topological polar surface area (TPSA) is 54.4 Å². The Morgan fingerprint density at radius 1 is 1.13 bits per heavy atom. The summed E-state index contributed by atoms with van der Waals surface area (Å²) in [5.41, 5.74) is 1.91. The Hall–Kier alpha value is -1.38. The predicted octanol–water partition coefficient (Wildman–Crippen LogP) is 6.44. The Morgan fingerprint density at radius 2 is 1.90 bits per heavy atom. The summed E-state index contributed by atoms with van der Waals surface area (Å²) in [6, 6.07) is 0. The standard InChI is InChI=1S/C27H40O3/c1-17(6-5-7-18(2)25(29)30)22-10-11-23-21-9-8-19-16-20(28)12-14-26(19,3)24(21)13-15-27(22,23)4/h12,14,16-18,21-24H,5-11,13,15H2,1-4H3,(H,29,30). The van der Waals surface area contributed by atoms with Crippen molar-refractivity contribution in [2.45, 2.75) is 85.5 Å². The molecule has 4 aliphatic rings. The zero-order valence-electron chi connectivity index (χ0n) is 19.3. The number of carbonyl (C=O) groups is 2. The largest absolute Gasteiger partial charge is 0.481 e. The Morgan fingerprint density at radius 3 is 2.63 bits per heavy atom. The van der Waals surface area contributed by atoms with Crippen molar-refractivity contribution < 1.29 is 14.7 Å². The quantitative estimate of drug-likeness (QED) is 0.546. The molecular weight excluding hydrogens is 372 g/mol. The first-order valence-electron chi connectivity index (χ1n) is 12.3. The minimum atomic E-state index is -0.661. The maximum Gasteiger partial charge on any atom is 0.306 e. The molecule has 0 aromatic rings. The summed E-state index contributed by atoms with van der Waals surface area (Å²) in [6.07, 6.45) is 16.6. The van der Waals surface area contributed by atoms with Crippen LogP contribution in [0.25, 0.3) is 0 Å². The molecule has 0 bridgehead atoms. The highest BCUT2D eigenvalue weighted by molar-refractivity contribution is 6.01. The second-order valence-corrected chi connectivity index (χ2v) is 11.5. The average molecular weight is 413 g/mol. The lowest BCUT2D eigenvalue weighted by Crippen LogP contribution is -2.50. The molecule has 0 amide bonds. The number of hydrogen-bond donors (Lipinski definition) is 1. The zero-order valence-corrected chi connectivity index (χ0v) is 19.3. The van der Waals surface area contributed by atoms with E-state index in [1.54, 1.807) is 0 Å². The molecule has 1 N–H and O–H groups in total. The van der Waals surface area contributed by atoms with Crippen molar-refractivity contribution in [2.75, 3.05) is 0 Å². The van der Waals surface area contributed by atoms with E-state index in [2.05, 4.69) is 26.8 Å². The molecule has 8 unspecified atom stereocenters. The molecule has 30 heavy (non-hydrogen) atoms. The van der Waals surface area contributed by atoms with Gasteiger partial charge in [-0.1, -0.05) is 52.2 Å². The predicted molar refractivity (Wildman–Crippen MR) is 120 cm³/mol. The number of carboxylic acids is 1. The third kappa shape index (κ3) is 3.50. The number of fused-ring (bicyclic) bond motifs is 5. The van der Waals surface area contributed by atoms with Gasteiger partial charge in [0, 0.05) is 5.41 Å². The lowest BCUT2D eigenvalue weighted by molar-refractivity contribution is -0.141. The van der Waals surface area contributed by atoms with Gasteiger partial charge in [-0.2, -0.15) is 0 Å². The van der Waals surface area contributed by atoms with Crippen LogP contribution in [0.15, 0.2) is 23.8 Å². The van der Waals surface area contributed by atoms with Gasteiger partial charge >= 0.3 is 5.97 Å². The summed E-state index contributed by atoms with van der Waals surface area (Å²) < 4.78 is 0. The summed E-state index contributed by atoms with van der Waals surface area (Å²) in [5.74, 6) is 3.03. The maximum atomic E-state index is 11.9. The van der Waals surface area contributed by atoms with Gasteiger partial charge in [-0.25, -0.2) is 0 Å². The average Bonchev–Trinajstić information content (AvgIpc) is 3.05. The van der Waals surface area contributed by atoms with E-state index in [1.165, 1.54) is 37.7 Å². The molecule has 3 saturated carbocycles. The van der Waals surface area contributed by atoms with E-state index in [-0.39, 0.29) is 17.1 Å². The summed E-state index contributed by atoms with van der Waals surface area (Å²) in [6.45, 7) is 9.23. The molecule has 0 aliphatic heterocycles. The van der Waals surface area contributed by atoms with Crippen molar-refractivity contribution in [1.82, 2.24) is 0 Å². The van der Waals surface area contributed by atoms with Gasteiger partial charge in [0.1, 0.15) is 0 Å². The molecule has 3 nitrogen and oxygen atoms in total. The lowest BCUT2D eigenvalue weighted by atomic mass is 9.47. The first-order chi connectivity index (χ1) is 14.2. The monoisotopic (exact) mass is 412 g/mol. The van der Waals surface area contributed by atoms with Crippen LogP contribution >= 0.6 is 0 Å². The number of aliphatic carboxylic acids is 1. The Balaban J connectivity index is 1.45. The number of carbonyl (C=O) groups excluding carboxylic acids is 1. The molecule has 4 rings (SSSR count). The molecule has 0 saturated heterocycles. The van der Waals surface area contributed by atoms with E-state index in [1.807, 2.05) is 19.1 Å². The molecule has 0 spiro atoms. The molecule has 3 heteroatoms. The maximum absolute atomic E-state index is 11.9. The van der Waals surface area contributed by atoms with E-state index < -0.39 is 5.97 Å². The van der Waals surface area contributed by atoms with Gasteiger partial charge < -0.3 is 5.11 Å². The Kier molecular flexibility index (Phi) is 5.79. The van der Waals surface area contributed by atoms with Gasteiger partial charge in [-0.05, 0) is 92.1 Å². The highest BCUT2D eigenvalue weighted by Crippen LogP contribution is 2.67. The number of rotatable bonds is 6. The second kappa shape index (κ2) is 7.95. The third-order valence-electron chi connectivity index (χ3n) is 10.0. The van der Waals surface area contributed by atoms with E-state index in [0.29, 0.717) is 17.3 Å². The Labute approximate surface area is 182 Å². The van der Waals surface area contributed by atoms with Crippen LogP contribution in [0.3, 0.4) is 0 Å². The molecule has 0 aromatic carbocycles. The van der Waals surface area contributed by atoms with Crippen LogP contribution in [-0.4, -0.2) is 16.9 Å². The minimum absolute atomic E-state index is 0.0921. The first kappa shape index (κ1) is 21.8. The smallest absolute Gasteiger partial charge is 0.306 e. The van der Waals surface area contributed by atoms with Crippen LogP contribution in [0.2, 0.25) is 0 Å². The van der Waals surface area contributed by atoms with Gasteiger partial charge in [0.05, 0.1) is 5.92 Å². The zero-order chi connectivity index (χ0) is 21.7. The molecule has 0 heterocycles. The van der Waals surface area contributed by atoms with Gasteiger partial charge in [0.2, 0.25) is 0 Å². The van der Waals surface area contributed by atoms with E-state index in [4.69, 9.17) is 5.11 Å². The highest BCUT2D eigenvalue weighted by Gasteiger charge is 2.58. The third-order valence-corrected chi connectivity index (χ3v) is 10.0. The Bertz CT molecular complexity index is 764. The lowest BCUT2D eigenvalue weighted by Gasteiger charge is -2.57. The SMILES string of the molecule is CC(CCCC(C)C1CCC2C3CCC4=CC(=O)C=CC4(C)C3CCC12C)C(=O)O. The van der Waals surface area contributed by atoms with Crippen molar-refractivity contribution in [3.05, 3.63) is 23.8 Å². The molecule has 0 radical (unpaired) electrons. The molecule has 166 valence electrons. The normalized spacial score (nSPS) is 42.0. The first-order valence-corrected chi connectivity index (χ1v) is 12.3. The van der Waals surface area contributed by atoms with Crippen LogP contribution in [0.4, 0.5) is 0 Å². The van der Waals surface area contributed by atoms with Gasteiger partial charge in [0.25, 0.3) is 0 Å². The van der Waals surface area contributed by atoms with Gasteiger partial charge in [0.15, 0.2) is 5.78 Å². The fraction of sp³-hybridized carbons (Fsp3) is 0.778. The molecule has 0 aromatic heterocycles. The molecular formula is C27H40O3. The minimum Gasteiger partial charge on any atom is -0.481 e. The number of allylic oxidation sites excluding steroid dienone is 4. The number of ketones is 1. The van der Waals surface area contributed by atoms with Gasteiger partial charge in [-0.3, -0.25) is 9.59 Å². The molecule has 8 atom stereocenters. The van der Waals surface area contributed by atoms with Crippen molar-refractivity contribution in [2.24, 2.45) is 46.3 Å².